The van der Waals surface area contributed by atoms with E-state index in [1.54, 1.807) is 24.7 Å². The molecule has 3 N–H and O–H groups in total. The summed E-state index contributed by atoms with van der Waals surface area (Å²) in [4.78, 5) is 0. The molecule has 34 heavy (non-hydrogen) atoms. The maximum absolute atomic E-state index is 9.27. The van der Waals surface area contributed by atoms with E-state index in [0.717, 1.165) is 64.8 Å². The molecule has 0 bridgehead atoms. The van der Waals surface area contributed by atoms with Gasteiger partial charge < -0.3 is 19.9 Å². The summed E-state index contributed by atoms with van der Waals surface area (Å²) in [6.45, 7) is 3.25. The maximum atomic E-state index is 9.27. The van der Waals surface area contributed by atoms with Crippen molar-refractivity contribution in [2.45, 2.75) is 26.0 Å². The Kier molecular flexibility index (Phi) is 8.81. The van der Waals surface area contributed by atoms with Crippen LogP contribution in [-0.4, -0.2) is 51.9 Å². The smallest absolute Gasteiger partial charge is 0.131 e. The molecule has 4 rings (SSSR count). The Labute approximate surface area is 203 Å². The maximum Gasteiger partial charge on any atom is 0.131 e. The predicted octanol–water partition coefficient (Wildman–Crippen LogP) is 4.13. The molecule has 0 aliphatic rings. The first-order chi connectivity index (χ1) is 16.7. The minimum atomic E-state index is -0.00474. The summed E-state index contributed by atoms with van der Waals surface area (Å²) in [6, 6.07) is 11.6. The number of hydrogen-bond donors (Lipinski definition) is 3. The van der Waals surface area contributed by atoms with Crippen LogP contribution in [0.5, 0.6) is 5.75 Å². The van der Waals surface area contributed by atoms with E-state index in [0.29, 0.717) is 24.8 Å². The van der Waals surface area contributed by atoms with E-state index >= 15 is 0 Å². The van der Waals surface area contributed by atoms with Crippen LogP contribution in [0.2, 0.25) is 5.02 Å². The van der Waals surface area contributed by atoms with Crippen LogP contribution in [0.4, 0.5) is 0 Å². The second-order valence-corrected chi connectivity index (χ2v) is 8.34. The van der Waals surface area contributed by atoms with E-state index in [1.165, 1.54) is 0 Å². The molecule has 0 saturated carbocycles. The zero-order valence-corrected chi connectivity index (χ0v) is 19.6. The molecule has 0 spiro atoms. The minimum absolute atomic E-state index is 0.00474. The normalized spacial score (nSPS) is 11.2. The standard InChI is InChI=1S/C25H28ClN5O3/c26-22-10-18(9-19(11-22)17-32)14-27-4-1-2-6-33-7-8-34-25-13-21(20-3-5-28-29-15-20)12-24-23(25)16-30-31-24/h3,5,9-13,15-16,27,32H,1-2,4,6-8,14,17H2,(H,30,31). The fraction of sp³-hybridized carbons (Fsp3) is 0.320. The van der Waals surface area contributed by atoms with E-state index in [9.17, 15) is 5.11 Å². The first-order valence-corrected chi connectivity index (χ1v) is 11.7. The number of aliphatic hydroxyl groups is 1. The second-order valence-electron chi connectivity index (χ2n) is 7.91. The van der Waals surface area contributed by atoms with Crippen molar-refractivity contribution >= 4 is 22.5 Å². The summed E-state index contributed by atoms with van der Waals surface area (Å²) >= 11 is 6.07. The van der Waals surface area contributed by atoms with E-state index in [2.05, 4.69) is 25.7 Å². The number of ether oxygens (including phenoxy) is 2. The molecule has 9 heteroatoms. The zero-order chi connectivity index (χ0) is 23.6. The molecule has 0 unspecified atom stereocenters. The van der Waals surface area contributed by atoms with Gasteiger partial charge >= 0.3 is 0 Å². The van der Waals surface area contributed by atoms with Gasteiger partial charge in [-0.25, -0.2) is 0 Å². The van der Waals surface area contributed by atoms with Crippen molar-refractivity contribution in [1.82, 2.24) is 25.7 Å². The van der Waals surface area contributed by atoms with Gasteiger partial charge in [-0.1, -0.05) is 17.7 Å². The number of aromatic amines is 1. The molecule has 2 aromatic heterocycles. The molecule has 0 atom stereocenters. The van der Waals surface area contributed by atoms with Crippen molar-refractivity contribution in [3.63, 3.8) is 0 Å². The molecule has 8 nitrogen and oxygen atoms in total. The average Bonchev–Trinajstić information content (AvgIpc) is 3.34. The number of nitrogens with one attached hydrogen (secondary N) is 2. The molecule has 0 fully saturated rings. The van der Waals surface area contributed by atoms with Gasteiger partial charge in [0.25, 0.3) is 0 Å². The topological polar surface area (TPSA) is 105 Å². The number of aromatic nitrogens is 4. The molecule has 2 aromatic carbocycles. The van der Waals surface area contributed by atoms with Crippen LogP contribution < -0.4 is 10.1 Å². The quantitative estimate of drug-likeness (QED) is 0.246. The lowest BCUT2D eigenvalue weighted by molar-refractivity contribution is 0.0979. The van der Waals surface area contributed by atoms with Gasteiger partial charge in [0, 0.05) is 23.7 Å². The average molecular weight is 482 g/mol. The molecule has 0 aliphatic heterocycles. The highest BCUT2D eigenvalue weighted by Gasteiger charge is 2.09. The molecule has 178 valence electrons. The molecule has 0 radical (unpaired) electrons. The summed E-state index contributed by atoms with van der Waals surface area (Å²) in [6.07, 6.45) is 7.12. The first-order valence-electron chi connectivity index (χ1n) is 11.3. The Bertz CT molecular complexity index is 1190. The molecule has 0 amide bonds. The van der Waals surface area contributed by atoms with Gasteiger partial charge in [-0.3, -0.25) is 5.10 Å². The largest absolute Gasteiger partial charge is 0.490 e. The lowest BCUT2D eigenvalue weighted by atomic mass is 10.1. The fourth-order valence-corrected chi connectivity index (χ4v) is 3.96. The number of halogens is 1. The number of hydrogen-bond acceptors (Lipinski definition) is 7. The number of nitrogens with zero attached hydrogens (tertiary/aromatic N) is 3. The molecule has 0 aliphatic carbocycles. The van der Waals surface area contributed by atoms with Gasteiger partial charge in [0.2, 0.25) is 0 Å². The highest BCUT2D eigenvalue weighted by Crippen LogP contribution is 2.31. The van der Waals surface area contributed by atoms with E-state index in [4.69, 9.17) is 21.1 Å². The van der Waals surface area contributed by atoms with Gasteiger partial charge in [0.15, 0.2) is 0 Å². The van der Waals surface area contributed by atoms with Gasteiger partial charge in [-0.2, -0.15) is 15.3 Å². The highest BCUT2D eigenvalue weighted by atomic mass is 35.5. The predicted molar refractivity (Wildman–Crippen MR) is 132 cm³/mol. The fourth-order valence-electron chi connectivity index (χ4n) is 3.68. The van der Waals surface area contributed by atoms with Crippen LogP contribution in [0.25, 0.3) is 22.0 Å². The van der Waals surface area contributed by atoms with Crippen molar-refractivity contribution in [1.29, 1.82) is 0 Å². The Balaban J connectivity index is 1.14. The highest BCUT2D eigenvalue weighted by molar-refractivity contribution is 6.30. The molecular weight excluding hydrogens is 454 g/mol. The first kappa shape index (κ1) is 24.1. The number of H-pyrrole nitrogens is 1. The molecule has 2 heterocycles. The van der Waals surface area contributed by atoms with Crippen LogP contribution in [0.3, 0.4) is 0 Å². The Morgan fingerprint density at radius 1 is 0.941 bits per heavy atom. The van der Waals surface area contributed by atoms with Crippen molar-refractivity contribution in [3.8, 4) is 16.9 Å². The van der Waals surface area contributed by atoms with E-state index in [1.807, 2.05) is 30.3 Å². The van der Waals surface area contributed by atoms with Gasteiger partial charge in [-0.05, 0) is 66.4 Å². The van der Waals surface area contributed by atoms with Gasteiger partial charge in [-0.15, -0.1) is 0 Å². The van der Waals surface area contributed by atoms with E-state index in [-0.39, 0.29) is 6.61 Å². The third kappa shape index (κ3) is 6.74. The molecular formula is C25H28ClN5O3. The molecule has 4 aromatic rings. The van der Waals surface area contributed by atoms with Crippen molar-refractivity contribution in [2.24, 2.45) is 0 Å². The molecule has 0 saturated heterocycles. The minimum Gasteiger partial charge on any atom is -0.490 e. The summed E-state index contributed by atoms with van der Waals surface area (Å²) in [7, 11) is 0. The van der Waals surface area contributed by atoms with Crippen LogP contribution in [-0.2, 0) is 17.9 Å². The third-order valence-electron chi connectivity index (χ3n) is 5.34. The lowest BCUT2D eigenvalue weighted by Crippen LogP contribution is -2.15. The SMILES string of the molecule is OCc1cc(Cl)cc(CNCCCCOCCOc2cc(-c3ccnnc3)cc3[nH]ncc23)c1. The Morgan fingerprint density at radius 2 is 1.85 bits per heavy atom. The third-order valence-corrected chi connectivity index (χ3v) is 5.56. The summed E-state index contributed by atoms with van der Waals surface area (Å²) < 4.78 is 11.7. The second kappa shape index (κ2) is 12.4. The Morgan fingerprint density at radius 3 is 2.71 bits per heavy atom. The number of unbranched alkanes of at least 4 members (excludes halogenated alkanes) is 1. The van der Waals surface area contributed by atoms with Crippen molar-refractivity contribution < 1.29 is 14.6 Å². The summed E-state index contributed by atoms with van der Waals surface area (Å²) in [5.41, 5.74) is 4.75. The number of aliphatic hydroxyl groups excluding tert-OH is 1. The van der Waals surface area contributed by atoms with E-state index < -0.39 is 0 Å². The Hall–Kier alpha value is -3.04. The van der Waals surface area contributed by atoms with Crippen LogP contribution >= 0.6 is 11.6 Å². The lowest BCUT2D eigenvalue weighted by Gasteiger charge is -2.10. The van der Waals surface area contributed by atoms with Crippen LogP contribution in [0.15, 0.2) is 55.0 Å². The van der Waals surface area contributed by atoms with Gasteiger partial charge in [0.1, 0.15) is 12.4 Å². The zero-order valence-electron chi connectivity index (χ0n) is 18.8. The van der Waals surface area contributed by atoms with Crippen molar-refractivity contribution in [2.75, 3.05) is 26.4 Å². The monoisotopic (exact) mass is 481 g/mol. The van der Waals surface area contributed by atoms with Crippen LogP contribution in [0, 0.1) is 0 Å². The number of fused-ring (bicyclic) bond motifs is 1. The summed E-state index contributed by atoms with van der Waals surface area (Å²) in [5.74, 6) is 0.760. The number of benzene rings is 2. The summed E-state index contributed by atoms with van der Waals surface area (Å²) in [5, 5.41) is 29.2. The van der Waals surface area contributed by atoms with Gasteiger partial charge in [0.05, 0.1) is 42.7 Å². The van der Waals surface area contributed by atoms with Crippen LogP contribution in [0.1, 0.15) is 24.0 Å². The number of rotatable bonds is 13. The van der Waals surface area contributed by atoms with Crippen molar-refractivity contribution in [3.05, 3.63) is 71.1 Å².